The molecule has 0 aliphatic carbocycles. The molecule has 2 amide bonds. The molecule has 0 aliphatic heterocycles. The van der Waals surface area contributed by atoms with E-state index in [-0.39, 0.29) is 12.3 Å². The van der Waals surface area contributed by atoms with Gasteiger partial charge >= 0.3 is 6.09 Å². The third-order valence-corrected chi connectivity index (χ3v) is 5.43. The van der Waals surface area contributed by atoms with Crippen molar-refractivity contribution in [3.8, 4) is 11.5 Å². The number of rotatable bonds is 9. The molecule has 208 valence electrons. The average molecular weight is 533 g/mol. The van der Waals surface area contributed by atoms with Crippen LogP contribution in [0.4, 0.5) is 10.5 Å². The second-order valence-electron chi connectivity index (χ2n) is 11.5. The van der Waals surface area contributed by atoms with E-state index in [0.717, 1.165) is 16.7 Å². The number of carbonyl (C=O) groups excluding carboxylic acids is 2. The van der Waals surface area contributed by atoms with Crippen molar-refractivity contribution >= 4 is 17.7 Å². The summed E-state index contributed by atoms with van der Waals surface area (Å²) in [6, 6.07) is 22.1. The Morgan fingerprint density at radius 3 is 2.10 bits per heavy atom. The molecule has 0 aromatic heterocycles. The predicted octanol–water partition coefficient (Wildman–Crippen LogP) is 6.83. The van der Waals surface area contributed by atoms with Crippen LogP contribution in [0.5, 0.6) is 11.5 Å². The minimum absolute atomic E-state index is 0.255. The van der Waals surface area contributed by atoms with E-state index in [0.29, 0.717) is 23.8 Å². The van der Waals surface area contributed by atoms with Gasteiger partial charge in [-0.05, 0) is 89.4 Å². The smallest absolute Gasteiger partial charge is 0.408 e. The summed E-state index contributed by atoms with van der Waals surface area (Å²) in [4.78, 5) is 26.1. The first-order valence-corrected chi connectivity index (χ1v) is 13.1. The first kappa shape index (κ1) is 29.6. The molecule has 0 aliphatic rings. The molecule has 0 saturated carbocycles. The Balaban J connectivity index is 1.76. The molecule has 0 radical (unpaired) electrons. The second kappa shape index (κ2) is 12.7. The summed E-state index contributed by atoms with van der Waals surface area (Å²) in [5.74, 6) is 0.895. The number of alkyl carbamates (subject to hydrolysis) is 1. The van der Waals surface area contributed by atoms with Crippen LogP contribution in [0.15, 0.2) is 72.8 Å². The van der Waals surface area contributed by atoms with Crippen molar-refractivity contribution in [2.75, 3.05) is 5.32 Å². The highest BCUT2D eigenvalue weighted by molar-refractivity contribution is 5.98. The van der Waals surface area contributed by atoms with Gasteiger partial charge in [-0.15, -0.1) is 0 Å². The lowest BCUT2D eigenvalue weighted by molar-refractivity contribution is -0.118. The molecule has 7 nitrogen and oxygen atoms in total. The van der Waals surface area contributed by atoms with Crippen LogP contribution >= 0.6 is 0 Å². The highest BCUT2D eigenvalue weighted by atomic mass is 16.6. The topological polar surface area (TPSA) is 85.9 Å². The van der Waals surface area contributed by atoms with E-state index >= 15 is 0 Å². The van der Waals surface area contributed by atoms with E-state index < -0.39 is 23.3 Å². The zero-order valence-corrected chi connectivity index (χ0v) is 24.0. The van der Waals surface area contributed by atoms with Gasteiger partial charge in [0.2, 0.25) is 5.91 Å². The minimum Gasteiger partial charge on any atom is -0.489 e. The van der Waals surface area contributed by atoms with Crippen LogP contribution in [-0.2, 0) is 22.6 Å². The maximum absolute atomic E-state index is 13.5. The molecule has 0 saturated heterocycles. The van der Waals surface area contributed by atoms with Gasteiger partial charge in [0.25, 0.3) is 0 Å². The van der Waals surface area contributed by atoms with Gasteiger partial charge in [-0.25, -0.2) is 4.79 Å². The number of nitrogens with one attached hydrogen (secondary N) is 2. The first-order valence-electron chi connectivity index (χ1n) is 13.1. The summed E-state index contributed by atoms with van der Waals surface area (Å²) in [6.07, 6.45) is -0.411. The average Bonchev–Trinajstić information content (AvgIpc) is 2.83. The molecule has 0 heterocycles. The van der Waals surface area contributed by atoms with Crippen molar-refractivity contribution < 1.29 is 23.8 Å². The van der Waals surface area contributed by atoms with Crippen LogP contribution in [-0.4, -0.2) is 29.2 Å². The van der Waals surface area contributed by atoms with Crippen LogP contribution in [0, 0.1) is 6.92 Å². The highest BCUT2D eigenvalue weighted by Gasteiger charge is 2.26. The van der Waals surface area contributed by atoms with Crippen molar-refractivity contribution in [1.29, 1.82) is 0 Å². The Bertz CT molecular complexity index is 1240. The largest absolute Gasteiger partial charge is 0.489 e. The maximum Gasteiger partial charge on any atom is 0.408 e. The molecule has 3 rings (SSSR count). The SMILES string of the molecule is Cc1ccc(NC(=O)[C@@H](Cc2ccc(OCc3ccccc3)cc2)NC(=O)OC(C)(C)C)c(OC(C)(C)C)c1. The fraction of sp³-hybridized carbons (Fsp3) is 0.375. The van der Waals surface area contributed by atoms with Gasteiger partial charge in [-0.3, -0.25) is 4.79 Å². The monoisotopic (exact) mass is 532 g/mol. The summed E-state index contributed by atoms with van der Waals surface area (Å²) in [5, 5.41) is 5.68. The molecular weight excluding hydrogens is 492 g/mol. The predicted molar refractivity (Wildman–Crippen MR) is 154 cm³/mol. The molecule has 2 N–H and O–H groups in total. The van der Waals surface area contributed by atoms with Crippen LogP contribution in [0.25, 0.3) is 0 Å². The van der Waals surface area contributed by atoms with Crippen molar-refractivity contribution in [1.82, 2.24) is 5.32 Å². The number of carbonyl (C=O) groups is 2. The second-order valence-corrected chi connectivity index (χ2v) is 11.5. The third kappa shape index (κ3) is 10.3. The Morgan fingerprint density at radius 1 is 0.821 bits per heavy atom. The molecule has 3 aromatic rings. The van der Waals surface area contributed by atoms with E-state index in [2.05, 4.69) is 10.6 Å². The van der Waals surface area contributed by atoms with E-state index in [1.54, 1.807) is 26.8 Å². The van der Waals surface area contributed by atoms with Gasteiger partial charge in [0.15, 0.2) is 0 Å². The molecule has 0 spiro atoms. The number of hydrogen-bond acceptors (Lipinski definition) is 5. The fourth-order valence-electron chi connectivity index (χ4n) is 3.72. The lowest BCUT2D eigenvalue weighted by atomic mass is 10.0. The first-order chi connectivity index (χ1) is 18.3. The molecule has 0 bridgehead atoms. The van der Waals surface area contributed by atoms with E-state index in [1.165, 1.54) is 0 Å². The zero-order chi connectivity index (χ0) is 28.6. The number of benzene rings is 3. The van der Waals surface area contributed by atoms with E-state index in [1.807, 2.05) is 94.4 Å². The van der Waals surface area contributed by atoms with Gasteiger partial charge in [0.1, 0.15) is 35.3 Å². The number of amides is 2. The van der Waals surface area contributed by atoms with Crippen molar-refractivity contribution in [2.24, 2.45) is 0 Å². The molecule has 39 heavy (non-hydrogen) atoms. The minimum atomic E-state index is -0.889. The summed E-state index contributed by atoms with van der Waals surface area (Å²) in [7, 11) is 0. The van der Waals surface area contributed by atoms with Gasteiger partial charge in [0, 0.05) is 6.42 Å². The lowest BCUT2D eigenvalue weighted by Crippen LogP contribution is -2.47. The summed E-state index contributed by atoms with van der Waals surface area (Å²) in [5.41, 5.74) is 2.31. The van der Waals surface area contributed by atoms with Gasteiger partial charge in [-0.1, -0.05) is 48.5 Å². The Hall–Kier alpha value is -4.00. The number of ether oxygens (including phenoxy) is 3. The molecule has 0 unspecified atom stereocenters. The van der Waals surface area contributed by atoms with Gasteiger partial charge in [-0.2, -0.15) is 0 Å². The Morgan fingerprint density at radius 2 is 1.49 bits per heavy atom. The van der Waals surface area contributed by atoms with Crippen LogP contribution < -0.4 is 20.1 Å². The van der Waals surface area contributed by atoms with Crippen molar-refractivity contribution in [3.05, 3.63) is 89.5 Å². The third-order valence-electron chi connectivity index (χ3n) is 5.43. The summed E-state index contributed by atoms with van der Waals surface area (Å²) >= 11 is 0. The van der Waals surface area contributed by atoms with Crippen LogP contribution in [0.3, 0.4) is 0 Å². The Kier molecular flexibility index (Phi) is 9.62. The number of anilines is 1. The molecule has 0 fully saturated rings. The number of aryl methyl sites for hydroxylation is 1. The normalized spacial score (nSPS) is 12.3. The van der Waals surface area contributed by atoms with Crippen molar-refractivity contribution in [3.63, 3.8) is 0 Å². The molecular formula is C32H40N2O5. The van der Waals surface area contributed by atoms with E-state index in [9.17, 15) is 9.59 Å². The molecule has 3 aromatic carbocycles. The lowest BCUT2D eigenvalue weighted by Gasteiger charge is -2.25. The number of hydrogen-bond donors (Lipinski definition) is 2. The molecule has 7 heteroatoms. The Labute approximate surface area is 231 Å². The summed E-state index contributed by atoms with van der Waals surface area (Å²) < 4.78 is 17.4. The van der Waals surface area contributed by atoms with Crippen molar-refractivity contribution in [2.45, 2.75) is 78.7 Å². The highest BCUT2D eigenvalue weighted by Crippen LogP contribution is 2.29. The standard InChI is InChI=1S/C32H40N2O5/c1-22-13-18-26(28(19-22)38-31(2,3)4)33-29(35)27(34-30(36)39-32(5,6)7)20-23-14-16-25(17-15-23)37-21-24-11-9-8-10-12-24/h8-19,27H,20-21H2,1-7H3,(H,33,35)(H,34,36)/t27-/m1/s1. The van der Waals surface area contributed by atoms with Gasteiger partial charge < -0.3 is 24.8 Å². The van der Waals surface area contributed by atoms with E-state index in [4.69, 9.17) is 14.2 Å². The summed E-state index contributed by atoms with van der Waals surface area (Å²) in [6.45, 7) is 13.6. The van der Waals surface area contributed by atoms with Crippen LogP contribution in [0.1, 0.15) is 58.2 Å². The fourth-order valence-corrected chi connectivity index (χ4v) is 3.72. The molecule has 1 atom stereocenters. The zero-order valence-electron chi connectivity index (χ0n) is 24.0. The maximum atomic E-state index is 13.5. The van der Waals surface area contributed by atoms with Crippen LogP contribution in [0.2, 0.25) is 0 Å². The van der Waals surface area contributed by atoms with Gasteiger partial charge in [0.05, 0.1) is 5.69 Å². The quantitative estimate of drug-likeness (QED) is 0.316.